The fourth-order valence-electron chi connectivity index (χ4n) is 2.82. The lowest BCUT2D eigenvalue weighted by atomic mass is 10.0. The van der Waals surface area contributed by atoms with E-state index in [1.54, 1.807) is 0 Å². The van der Waals surface area contributed by atoms with Crippen LogP contribution >= 0.6 is 0 Å². The molecule has 0 amide bonds. The minimum Gasteiger partial charge on any atom is -0.347 e. The highest BCUT2D eigenvalue weighted by atomic mass is 19.4. The number of nitrogens with two attached hydrogens (primary N) is 1. The first-order chi connectivity index (χ1) is 9.86. The third-order valence-corrected chi connectivity index (χ3v) is 4.17. The monoisotopic (exact) mass is 296 g/mol. The zero-order valence-corrected chi connectivity index (χ0v) is 11.8. The van der Waals surface area contributed by atoms with Crippen molar-refractivity contribution in [2.24, 2.45) is 5.73 Å². The SMILES string of the molecule is NC1(Cc2cn(CCCC(F)(F)F)c3ccccc23)CC1. The molecule has 1 aromatic heterocycles. The van der Waals surface area contributed by atoms with Crippen molar-refractivity contribution in [1.82, 2.24) is 4.57 Å². The van der Waals surface area contributed by atoms with E-state index in [2.05, 4.69) is 0 Å². The van der Waals surface area contributed by atoms with Gasteiger partial charge in [-0.1, -0.05) is 18.2 Å². The second kappa shape index (κ2) is 5.05. The minimum atomic E-state index is -4.08. The van der Waals surface area contributed by atoms with E-state index in [0.29, 0.717) is 6.54 Å². The van der Waals surface area contributed by atoms with E-state index in [9.17, 15) is 13.2 Å². The quantitative estimate of drug-likeness (QED) is 0.887. The summed E-state index contributed by atoms with van der Waals surface area (Å²) in [6, 6.07) is 7.86. The lowest BCUT2D eigenvalue weighted by Crippen LogP contribution is -2.24. The van der Waals surface area contributed by atoms with Gasteiger partial charge in [-0.25, -0.2) is 0 Å². The number of nitrogens with zero attached hydrogens (tertiary/aromatic N) is 1. The maximum absolute atomic E-state index is 12.3. The molecule has 0 saturated heterocycles. The Morgan fingerprint density at radius 1 is 1.19 bits per heavy atom. The van der Waals surface area contributed by atoms with Crippen LogP contribution < -0.4 is 5.73 Å². The van der Waals surface area contributed by atoms with Crippen LogP contribution in [0.4, 0.5) is 13.2 Å². The Bertz CT molecular complexity index is 638. The van der Waals surface area contributed by atoms with Crippen molar-refractivity contribution < 1.29 is 13.2 Å². The number of fused-ring (bicyclic) bond motifs is 1. The molecule has 2 aromatic rings. The van der Waals surface area contributed by atoms with E-state index < -0.39 is 12.6 Å². The Balaban J connectivity index is 1.81. The van der Waals surface area contributed by atoms with Crippen molar-refractivity contribution >= 4 is 10.9 Å². The van der Waals surface area contributed by atoms with Gasteiger partial charge in [0.15, 0.2) is 0 Å². The van der Waals surface area contributed by atoms with Crippen LogP contribution in [0.1, 0.15) is 31.2 Å². The highest BCUT2D eigenvalue weighted by Crippen LogP contribution is 2.37. The van der Waals surface area contributed by atoms with Crippen molar-refractivity contribution in [3.8, 4) is 0 Å². The fourth-order valence-corrected chi connectivity index (χ4v) is 2.82. The van der Waals surface area contributed by atoms with E-state index in [-0.39, 0.29) is 12.0 Å². The number of aryl methyl sites for hydroxylation is 1. The van der Waals surface area contributed by atoms with Gasteiger partial charge in [0.2, 0.25) is 0 Å². The van der Waals surface area contributed by atoms with Crippen molar-refractivity contribution in [1.29, 1.82) is 0 Å². The maximum Gasteiger partial charge on any atom is 0.389 e. The number of rotatable bonds is 5. The molecule has 0 radical (unpaired) electrons. The summed E-state index contributed by atoms with van der Waals surface area (Å²) in [5, 5.41) is 1.11. The average molecular weight is 296 g/mol. The summed E-state index contributed by atoms with van der Waals surface area (Å²) in [5.74, 6) is 0. The first kappa shape index (κ1) is 14.4. The summed E-state index contributed by atoms with van der Waals surface area (Å²) in [7, 11) is 0. The number of hydrogen-bond acceptors (Lipinski definition) is 1. The van der Waals surface area contributed by atoms with Gasteiger partial charge >= 0.3 is 6.18 Å². The van der Waals surface area contributed by atoms with Gasteiger partial charge in [-0.05, 0) is 37.3 Å². The van der Waals surface area contributed by atoms with Crippen molar-refractivity contribution in [3.63, 3.8) is 0 Å². The number of para-hydroxylation sites is 1. The summed E-state index contributed by atoms with van der Waals surface area (Å²) >= 11 is 0. The van der Waals surface area contributed by atoms with E-state index >= 15 is 0 Å². The van der Waals surface area contributed by atoms with Crippen LogP contribution in [0.3, 0.4) is 0 Å². The van der Waals surface area contributed by atoms with Gasteiger partial charge in [-0.2, -0.15) is 13.2 Å². The number of halogens is 3. The van der Waals surface area contributed by atoms with Crippen LogP contribution in [0.5, 0.6) is 0 Å². The molecule has 5 heteroatoms. The van der Waals surface area contributed by atoms with E-state index in [1.165, 1.54) is 0 Å². The number of benzene rings is 1. The maximum atomic E-state index is 12.3. The molecule has 0 bridgehead atoms. The molecule has 1 heterocycles. The van der Waals surface area contributed by atoms with Crippen molar-refractivity contribution in [2.45, 2.75) is 50.4 Å². The first-order valence-corrected chi connectivity index (χ1v) is 7.29. The summed E-state index contributed by atoms with van der Waals surface area (Å²) in [6.07, 6.45) is 0.126. The smallest absolute Gasteiger partial charge is 0.347 e. The third-order valence-electron chi connectivity index (χ3n) is 4.17. The van der Waals surface area contributed by atoms with E-state index in [4.69, 9.17) is 5.73 Å². The molecule has 114 valence electrons. The second-order valence-electron chi connectivity index (χ2n) is 6.12. The normalized spacial score (nSPS) is 17.3. The van der Waals surface area contributed by atoms with Gasteiger partial charge in [-0.15, -0.1) is 0 Å². The van der Waals surface area contributed by atoms with Crippen molar-refractivity contribution in [2.75, 3.05) is 0 Å². The topological polar surface area (TPSA) is 30.9 Å². The Hall–Kier alpha value is -1.49. The summed E-state index contributed by atoms with van der Waals surface area (Å²) in [4.78, 5) is 0. The van der Waals surface area contributed by atoms with Gasteiger partial charge in [0.25, 0.3) is 0 Å². The standard InChI is InChI=1S/C16H19F3N2/c17-16(18,19)6-3-9-21-11-12(10-15(20)7-8-15)13-4-1-2-5-14(13)21/h1-2,4-5,11H,3,6-10,20H2. The molecule has 1 aliphatic carbocycles. The predicted molar refractivity (Wildman–Crippen MR) is 77.1 cm³/mol. The zero-order valence-electron chi connectivity index (χ0n) is 11.8. The molecular weight excluding hydrogens is 277 g/mol. The van der Waals surface area contributed by atoms with Gasteiger partial charge in [0.1, 0.15) is 0 Å². The Morgan fingerprint density at radius 3 is 2.57 bits per heavy atom. The molecule has 2 nitrogen and oxygen atoms in total. The molecule has 3 rings (SSSR count). The lowest BCUT2D eigenvalue weighted by molar-refractivity contribution is -0.135. The van der Waals surface area contributed by atoms with Crippen LogP contribution in [0, 0.1) is 0 Å². The highest BCUT2D eigenvalue weighted by Gasteiger charge is 2.38. The molecule has 2 N–H and O–H groups in total. The molecule has 1 saturated carbocycles. The average Bonchev–Trinajstić information content (AvgIpc) is 3.03. The molecule has 0 aliphatic heterocycles. The Morgan fingerprint density at radius 2 is 1.90 bits per heavy atom. The summed E-state index contributed by atoms with van der Waals surface area (Å²) < 4.78 is 38.8. The summed E-state index contributed by atoms with van der Waals surface area (Å²) in [5.41, 5.74) is 8.23. The number of aromatic nitrogens is 1. The van der Waals surface area contributed by atoms with E-state index in [0.717, 1.165) is 35.7 Å². The number of hydrogen-bond donors (Lipinski definition) is 1. The first-order valence-electron chi connectivity index (χ1n) is 7.29. The fraction of sp³-hybridized carbons (Fsp3) is 0.500. The molecule has 21 heavy (non-hydrogen) atoms. The molecule has 0 spiro atoms. The molecular formula is C16H19F3N2. The van der Waals surface area contributed by atoms with Crippen LogP contribution in [0.2, 0.25) is 0 Å². The van der Waals surface area contributed by atoms with Crippen LogP contribution in [-0.4, -0.2) is 16.3 Å². The predicted octanol–water partition coefficient (Wildman–Crippen LogP) is 4.02. The molecule has 1 fully saturated rings. The second-order valence-corrected chi connectivity index (χ2v) is 6.12. The molecule has 1 aliphatic rings. The van der Waals surface area contributed by atoms with Crippen molar-refractivity contribution in [3.05, 3.63) is 36.0 Å². The van der Waals surface area contributed by atoms with E-state index in [1.807, 2.05) is 35.0 Å². The van der Waals surface area contributed by atoms with Gasteiger partial charge in [0.05, 0.1) is 0 Å². The Labute approximate surface area is 121 Å². The number of alkyl halides is 3. The minimum absolute atomic E-state index is 0.0963. The van der Waals surface area contributed by atoms with Gasteiger partial charge in [-0.3, -0.25) is 0 Å². The summed E-state index contributed by atoms with van der Waals surface area (Å²) in [6.45, 7) is 0.387. The van der Waals surface area contributed by atoms with Crippen LogP contribution in [-0.2, 0) is 13.0 Å². The Kier molecular flexibility index (Phi) is 3.48. The largest absolute Gasteiger partial charge is 0.389 e. The van der Waals surface area contributed by atoms with Crippen LogP contribution in [0.25, 0.3) is 10.9 Å². The van der Waals surface area contributed by atoms with Gasteiger partial charge < -0.3 is 10.3 Å². The highest BCUT2D eigenvalue weighted by molar-refractivity contribution is 5.84. The molecule has 0 atom stereocenters. The molecule has 1 aromatic carbocycles. The molecule has 0 unspecified atom stereocenters. The van der Waals surface area contributed by atoms with Gasteiger partial charge in [0, 0.05) is 35.6 Å². The lowest BCUT2D eigenvalue weighted by Gasteiger charge is -2.08. The third kappa shape index (κ3) is 3.40. The zero-order chi connectivity index (χ0) is 15.1. The van der Waals surface area contributed by atoms with Crippen LogP contribution in [0.15, 0.2) is 30.5 Å².